The van der Waals surface area contributed by atoms with Crippen LogP contribution in [-0.2, 0) is 19.1 Å². The Morgan fingerprint density at radius 3 is 1.48 bits per heavy atom. The maximum Gasteiger partial charge on any atom is 0.313 e. The van der Waals surface area contributed by atoms with Crippen LogP contribution in [0.2, 0.25) is 0 Å². The molecule has 0 radical (unpaired) electrons. The lowest BCUT2D eigenvalue weighted by atomic mass is 10.1. The molecule has 0 aromatic heterocycles. The summed E-state index contributed by atoms with van der Waals surface area (Å²) in [6.45, 7) is 5.03. The number of nitrogens with one attached hydrogen (secondary N) is 1. The van der Waals surface area contributed by atoms with Crippen molar-refractivity contribution in [2.24, 2.45) is 0 Å². The van der Waals surface area contributed by atoms with Gasteiger partial charge >= 0.3 is 11.9 Å². The van der Waals surface area contributed by atoms with E-state index >= 15 is 0 Å². The zero-order chi connectivity index (χ0) is 21.6. The first-order valence-electron chi connectivity index (χ1n) is 12.1. The minimum Gasteiger partial charge on any atom is -0.393 e. The summed E-state index contributed by atoms with van der Waals surface area (Å²) in [7, 11) is 0. The molecule has 0 saturated carbocycles. The molecule has 29 heavy (non-hydrogen) atoms. The maximum atomic E-state index is 11.7. The Balaban J connectivity index is 3.43. The Morgan fingerprint density at radius 2 is 0.966 bits per heavy atom. The molecule has 5 heteroatoms. The number of amides is 1. The largest absolute Gasteiger partial charge is 0.393 e. The average molecular weight is 412 g/mol. The molecule has 0 heterocycles. The quantitative estimate of drug-likeness (QED) is 0.146. The lowest BCUT2D eigenvalue weighted by molar-refractivity contribution is -0.159. The predicted octanol–water partition coefficient (Wildman–Crippen LogP) is 6.23. The van der Waals surface area contributed by atoms with E-state index in [9.17, 15) is 14.4 Å². The zero-order valence-corrected chi connectivity index (χ0v) is 19.1. The van der Waals surface area contributed by atoms with Crippen molar-refractivity contribution in [1.82, 2.24) is 5.32 Å². The van der Waals surface area contributed by atoms with Gasteiger partial charge < -0.3 is 10.1 Å². The summed E-state index contributed by atoms with van der Waals surface area (Å²) in [5.74, 6) is -0.694. The number of unbranched alkanes of at least 4 members (excludes halogenated alkanes) is 12. The Morgan fingerprint density at radius 1 is 0.552 bits per heavy atom. The molecule has 1 amide bonds. The summed E-state index contributed by atoms with van der Waals surface area (Å²) in [5.41, 5.74) is 0. The van der Waals surface area contributed by atoms with Gasteiger partial charge in [-0.1, -0.05) is 84.5 Å². The third kappa shape index (κ3) is 21.1. The number of ether oxygens (including phenoxy) is 1. The highest BCUT2D eigenvalue weighted by Crippen LogP contribution is 2.09. The Kier molecular flexibility index (Phi) is 20.3. The lowest BCUT2D eigenvalue weighted by Crippen LogP contribution is -2.24. The number of esters is 2. The molecule has 170 valence electrons. The highest BCUT2D eigenvalue weighted by Gasteiger charge is 2.10. The van der Waals surface area contributed by atoms with Gasteiger partial charge in [0.25, 0.3) is 0 Å². The van der Waals surface area contributed by atoms with Crippen LogP contribution < -0.4 is 5.32 Å². The van der Waals surface area contributed by atoms with Crippen molar-refractivity contribution in [3.63, 3.8) is 0 Å². The Bertz CT molecular complexity index is 423. The lowest BCUT2D eigenvalue weighted by Gasteiger charge is -2.06. The van der Waals surface area contributed by atoms with Crippen LogP contribution in [0.25, 0.3) is 0 Å². The van der Waals surface area contributed by atoms with Crippen molar-refractivity contribution in [3.05, 3.63) is 0 Å². The van der Waals surface area contributed by atoms with E-state index in [2.05, 4.69) is 19.2 Å². The molecule has 0 saturated heterocycles. The van der Waals surface area contributed by atoms with Crippen molar-refractivity contribution in [3.8, 4) is 0 Å². The zero-order valence-electron chi connectivity index (χ0n) is 19.1. The average Bonchev–Trinajstić information content (AvgIpc) is 2.69. The van der Waals surface area contributed by atoms with E-state index in [1.54, 1.807) is 0 Å². The second kappa shape index (κ2) is 21.3. The number of carbonyl (C=O) groups is 3. The van der Waals surface area contributed by atoms with Crippen molar-refractivity contribution in [2.75, 3.05) is 6.54 Å². The highest BCUT2D eigenvalue weighted by molar-refractivity contribution is 5.85. The smallest absolute Gasteiger partial charge is 0.313 e. The topological polar surface area (TPSA) is 72.5 Å². The van der Waals surface area contributed by atoms with Crippen molar-refractivity contribution < 1.29 is 19.1 Å². The molecule has 0 spiro atoms. The summed E-state index contributed by atoms with van der Waals surface area (Å²) in [5, 5.41) is 2.94. The third-order valence-electron chi connectivity index (χ3n) is 5.10. The van der Waals surface area contributed by atoms with Crippen LogP contribution in [0.4, 0.5) is 0 Å². The molecule has 0 unspecified atom stereocenters. The molecular formula is C24H45NO4. The Hall–Kier alpha value is -1.39. The molecule has 1 N–H and O–H groups in total. The van der Waals surface area contributed by atoms with Crippen molar-refractivity contribution >= 4 is 17.8 Å². The van der Waals surface area contributed by atoms with Gasteiger partial charge in [-0.25, -0.2) is 0 Å². The van der Waals surface area contributed by atoms with Crippen LogP contribution in [0, 0.1) is 0 Å². The molecule has 5 nitrogen and oxygen atoms in total. The number of hydrogen-bond donors (Lipinski definition) is 1. The van der Waals surface area contributed by atoms with Gasteiger partial charge in [0.15, 0.2) is 0 Å². The van der Waals surface area contributed by atoms with Gasteiger partial charge in [-0.05, 0) is 25.7 Å². The molecule has 0 aliphatic rings. The predicted molar refractivity (Wildman–Crippen MR) is 119 cm³/mol. The van der Waals surface area contributed by atoms with Gasteiger partial charge in [0, 0.05) is 25.8 Å². The molecule has 0 fully saturated rings. The molecule has 0 aromatic carbocycles. The van der Waals surface area contributed by atoms with Gasteiger partial charge in [0.2, 0.25) is 5.91 Å². The second-order valence-corrected chi connectivity index (χ2v) is 8.04. The monoisotopic (exact) mass is 411 g/mol. The Labute approximate surface area is 178 Å². The minimum atomic E-state index is -0.423. The first-order valence-corrected chi connectivity index (χ1v) is 12.1. The van der Waals surface area contributed by atoms with Gasteiger partial charge in [-0.15, -0.1) is 0 Å². The van der Waals surface area contributed by atoms with Gasteiger partial charge in [-0.3, -0.25) is 14.4 Å². The standard InChI is InChI=1S/C24H45NO4/c1-3-5-7-9-11-14-18-22(26)25-21-17-13-16-20-24(28)29-23(27)19-15-12-10-8-6-4-2/h3-21H2,1-2H3,(H,25,26). The first-order chi connectivity index (χ1) is 14.1. The van der Waals surface area contributed by atoms with Crippen LogP contribution in [0.5, 0.6) is 0 Å². The SMILES string of the molecule is CCCCCCCCC(=O)NCCCCCC(=O)OC(=O)CCCCCCCC. The van der Waals surface area contributed by atoms with E-state index in [0.29, 0.717) is 25.8 Å². The van der Waals surface area contributed by atoms with E-state index in [-0.39, 0.29) is 12.3 Å². The fourth-order valence-electron chi connectivity index (χ4n) is 3.23. The maximum absolute atomic E-state index is 11.7. The van der Waals surface area contributed by atoms with Crippen LogP contribution in [0.3, 0.4) is 0 Å². The van der Waals surface area contributed by atoms with E-state index in [1.165, 1.54) is 44.9 Å². The number of carbonyl (C=O) groups excluding carboxylic acids is 3. The van der Waals surface area contributed by atoms with Gasteiger partial charge in [-0.2, -0.15) is 0 Å². The summed E-state index contributed by atoms with van der Waals surface area (Å²) in [6.07, 6.45) is 17.3. The molecule has 0 bridgehead atoms. The second-order valence-electron chi connectivity index (χ2n) is 8.04. The normalized spacial score (nSPS) is 10.7. The molecular weight excluding hydrogens is 366 g/mol. The fraction of sp³-hybridized carbons (Fsp3) is 0.875. The molecule has 0 aliphatic carbocycles. The molecule has 0 aliphatic heterocycles. The van der Waals surface area contributed by atoms with E-state index in [1.807, 2.05) is 0 Å². The van der Waals surface area contributed by atoms with Crippen LogP contribution >= 0.6 is 0 Å². The summed E-state index contributed by atoms with van der Waals surface area (Å²) < 4.78 is 4.85. The van der Waals surface area contributed by atoms with Gasteiger partial charge in [0.1, 0.15) is 0 Å². The van der Waals surface area contributed by atoms with Crippen LogP contribution in [0.15, 0.2) is 0 Å². The first kappa shape index (κ1) is 27.6. The molecule has 0 atom stereocenters. The fourth-order valence-corrected chi connectivity index (χ4v) is 3.23. The van der Waals surface area contributed by atoms with Crippen LogP contribution in [-0.4, -0.2) is 24.4 Å². The summed E-state index contributed by atoms with van der Waals surface area (Å²) >= 11 is 0. The minimum absolute atomic E-state index is 0.125. The summed E-state index contributed by atoms with van der Waals surface area (Å²) in [6, 6.07) is 0. The highest BCUT2D eigenvalue weighted by atomic mass is 16.6. The van der Waals surface area contributed by atoms with Crippen molar-refractivity contribution in [2.45, 2.75) is 129 Å². The van der Waals surface area contributed by atoms with E-state index < -0.39 is 11.9 Å². The molecule has 0 rings (SSSR count). The van der Waals surface area contributed by atoms with E-state index in [4.69, 9.17) is 4.74 Å². The summed E-state index contributed by atoms with van der Waals surface area (Å²) in [4.78, 5) is 35.0. The number of rotatable bonds is 20. The van der Waals surface area contributed by atoms with Crippen LogP contribution in [0.1, 0.15) is 129 Å². The van der Waals surface area contributed by atoms with Crippen molar-refractivity contribution in [1.29, 1.82) is 0 Å². The van der Waals surface area contributed by atoms with E-state index in [0.717, 1.165) is 44.9 Å². The number of hydrogen-bond acceptors (Lipinski definition) is 4. The third-order valence-corrected chi connectivity index (χ3v) is 5.10. The van der Waals surface area contributed by atoms with Gasteiger partial charge in [0.05, 0.1) is 0 Å². The molecule has 0 aromatic rings.